The highest BCUT2D eigenvalue weighted by molar-refractivity contribution is 5.96. The van der Waals surface area contributed by atoms with Gasteiger partial charge in [-0.05, 0) is 56.8 Å². The van der Waals surface area contributed by atoms with Crippen LogP contribution in [0.5, 0.6) is 5.88 Å². The molecule has 0 saturated carbocycles. The number of likely N-dealkylation sites (N-methyl/N-ethyl adjacent to an activating group) is 1. The lowest BCUT2D eigenvalue weighted by Gasteiger charge is -2.36. The number of likely N-dealkylation sites (tertiary alicyclic amines) is 1. The van der Waals surface area contributed by atoms with Gasteiger partial charge >= 0.3 is 0 Å². The molecule has 2 aromatic rings. The molecule has 0 spiro atoms. The largest absolute Gasteiger partial charge is 0.481 e. The molecular formula is C22H29N3O2. The number of benzene rings is 1. The van der Waals surface area contributed by atoms with Gasteiger partial charge in [0.1, 0.15) is 0 Å². The van der Waals surface area contributed by atoms with Crippen molar-refractivity contribution in [2.45, 2.75) is 32.2 Å². The number of aromatic nitrogens is 1. The summed E-state index contributed by atoms with van der Waals surface area (Å²) in [7, 11) is 3.39. The van der Waals surface area contributed by atoms with Gasteiger partial charge in [-0.2, -0.15) is 0 Å². The number of ether oxygens (including phenoxy) is 1. The van der Waals surface area contributed by atoms with Crippen LogP contribution in [0, 0.1) is 5.92 Å². The first kappa shape index (κ1) is 19.4. The minimum absolute atomic E-state index is 0.100. The fourth-order valence-electron chi connectivity index (χ4n) is 3.75. The molecule has 0 bridgehead atoms. The van der Waals surface area contributed by atoms with Crippen molar-refractivity contribution in [1.82, 2.24) is 9.88 Å². The molecule has 1 amide bonds. The maximum absolute atomic E-state index is 12.9. The molecule has 1 aliphatic rings. The smallest absolute Gasteiger partial charge is 0.243 e. The first-order valence-electron chi connectivity index (χ1n) is 9.64. The van der Waals surface area contributed by atoms with Gasteiger partial charge in [0, 0.05) is 13.1 Å². The molecule has 27 heavy (non-hydrogen) atoms. The standard InChI is InChI=1S/C22H29N3O2/c1-17(22(26)24(2)20-9-10-21(27-3)23-16-20)25-13-11-19(12-14-25)15-18-7-5-4-6-8-18/h4-10,16-17,19H,11-15H2,1-3H3. The number of carbonyl (C=O) groups excluding carboxylic acids is 1. The van der Waals surface area contributed by atoms with Crippen LogP contribution in [0.15, 0.2) is 48.7 Å². The van der Waals surface area contributed by atoms with Crippen LogP contribution in [-0.2, 0) is 11.2 Å². The Hall–Kier alpha value is -2.40. The normalized spacial score (nSPS) is 16.7. The van der Waals surface area contributed by atoms with Gasteiger partial charge in [-0.15, -0.1) is 0 Å². The molecule has 0 aliphatic carbocycles. The minimum Gasteiger partial charge on any atom is -0.481 e. The summed E-state index contributed by atoms with van der Waals surface area (Å²) in [5.41, 5.74) is 2.19. The molecule has 1 aromatic carbocycles. The van der Waals surface area contributed by atoms with E-state index >= 15 is 0 Å². The molecule has 1 aromatic heterocycles. The second-order valence-electron chi connectivity index (χ2n) is 7.30. The Morgan fingerprint density at radius 1 is 1.22 bits per heavy atom. The zero-order valence-corrected chi connectivity index (χ0v) is 16.5. The van der Waals surface area contributed by atoms with Crippen molar-refractivity contribution in [3.8, 4) is 5.88 Å². The molecule has 1 unspecified atom stereocenters. The van der Waals surface area contributed by atoms with Crippen molar-refractivity contribution in [1.29, 1.82) is 0 Å². The number of hydrogen-bond acceptors (Lipinski definition) is 4. The van der Waals surface area contributed by atoms with E-state index < -0.39 is 0 Å². The topological polar surface area (TPSA) is 45.7 Å². The van der Waals surface area contributed by atoms with Crippen molar-refractivity contribution >= 4 is 11.6 Å². The van der Waals surface area contributed by atoms with E-state index in [0.717, 1.165) is 38.0 Å². The number of carbonyl (C=O) groups is 1. The molecule has 0 radical (unpaired) electrons. The average Bonchev–Trinajstić information content (AvgIpc) is 2.73. The van der Waals surface area contributed by atoms with Crippen LogP contribution in [0.1, 0.15) is 25.3 Å². The quantitative estimate of drug-likeness (QED) is 0.785. The van der Waals surface area contributed by atoms with Gasteiger partial charge in [-0.25, -0.2) is 4.98 Å². The molecule has 1 atom stereocenters. The van der Waals surface area contributed by atoms with Crippen molar-refractivity contribution in [3.63, 3.8) is 0 Å². The highest BCUT2D eigenvalue weighted by atomic mass is 16.5. The maximum atomic E-state index is 12.9. The molecule has 144 valence electrons. The number of methoxy groups -OCH3 is 1. The van der Waals surface area contributed by atoms with Crippen LogP contribution in [0.25, 0.3) is 0 Å². The predicted molar refractivity (Wildman–Crippen MR) is 108 cm³/mol. The first-order valence-corrected chi connectivity index (χ1v) is 9.64. The monoisotopic (exact) mass is 367 g/mol. The Kier molecular flexibility index (Phi) is 6.45. The summed E-state index contributed by atoms with van der Waals surface area (Å²) in [6, 6.07) is 14.2. The summed E-state index contributed by atoms with van der Waals surface area (Å²) in [4.78, 5) is 21.1. The molecule has 1 fully saturated rings. The maximum Gasteiger partial charge on any atom is 0.243 e. The Balaban J connectivity index is 1.53. The number of piperidine rings is 1. The van der Waals surface area contributed by atoms with E-state index in [1.54, 1.807) is 24.3 Å². The van der Waals surface area contributed by atoms with Crippen LogP contribution in [0.3, 0.4) is 0 Å². The summed E-state index contributed by atoms with van der Waals surface area (Å²) < 4.78 is 5.08. The lowest BCUT2D eigenvalue weighted by Crippen LogP contribution is -2.49. The SMILES string of the molecule is COc1ccc(N(C)C(=O)C(C)N2CCC(Cc3ccccc3)CC2)cn1. The van der Waals surface area contributed by atoms with Crippen LogP contribution < -0.4 is 9.64 Å². The van der Waals surface area contributed by atoms with E-state index in [4.69, 9.17) is 4.74 Å². The molecule has 1 aliphatic heterocycles. The molecule has 2 heterocycles. The van der Waals surface area contributed by atoms with Crippen molar-refractivity contribution in [2.24, 2.45) is 5.92 Å². The molecule has 1 saturated heterocycles. The Morgan fingerprint density at radius 3 is 2.52 bits per heavy atom. The number of pyridine rings is 1. The number of nitrogens with zero attached hydrogens (tertiary/aromatic N) is 3. The fraction of sp³-hybridized carbons (Fsp3) is 0.455. The van der Waals surface area contributed by atoms with Gasteiger partial charge in [0.15, 0.2) is 0 Å². The fourth-order valence-corrected chi connectivity index (χ4v) is 3.75. The summed E-state index contributed by atoms with van der Waals surface area (Å²) in [6.07, 6.45) is 5.09. The minimum atomic E-state index is -0.130. The van der Waals surface area contributed by atoms with Gasteiger partial charge in [0.05, 0.1) is 25.0 Å². The molecule has 5 heteroatoms. The summed E-state index contributed by atoms with van der Waals surface area (Å²) in [5.74, 6) is 1.35. The zero-order chi connectivity index (χ0) is 19.2. The molecular weight excluding hydrogens is 338 g/mol. The third-order valence-corrected chi connectivity index (χ3v) is 5.57. The molecule has 3 rings (SSSR count). The number of amides is 1. The van der Waals surface area contributed by atoms with Crippen LogP contribution in [-0.4, -0.2) is 49.1 Å². The highest BCUT2D eigenvalue weighted by Gasteiger charge is 2.28. The predicted octanol–water partition coefficient (Wildman–Crippen LogP) is 3.40. The Labute approximate surface area is 162 Å². The lowest BCUT2D eigenvalue weighted by atomic mass is 9.89. The van der Waals surface area contributed by atoms with Crippen LogP contribution >= 0.6 is 0 Å². The lowest BCUT2D eigenvalue weighted by molar-refractivity contribution is -0.123. The van der Waals surface area contributed by atoms with Gasteiger partial charge < -0.3 is 9.64 Å². The van der Waals surface area contributed by atoms with E-state index in [9.17, 15) is 4.79 Å². The van der Waals surface area contributed by atoms with Crippen molar-refractivity contribution in [2.75, 3.05) is 32.1 Å². The van der Waals surface area contributed by atoms with Crippen molar-refractivity contribution in [3.05, 3.63) is 54.2 Å². The van der Waals surface area contributed by atoms with E-state index in [0.29, 0.717) is 11.8 Å². The van der Waals surface area contributed by atoms with Gasteiger partial charge in [-0.3, -0.25) is 9.69 Å². The summed E-state index contributed by atoms with van der Waals surface area (Å²) in [6.45, 7) is 3.95. The molecule has 5 nitrogen and oxygen atoms in total. The van der Waals surface area contributed by atoms with Crippen LogP contribution in [0.2, 0.25) is 0 Å². The van der Waals surface area contributed by atoms with Gasteiger partial charge in [-0.1, -0.05) is 30.3 Å². The van der Waals surface area contributed by atoms with Crippen molar-refractivity contribution < 1.29 is 9.53 Å². The van der Waals surface area contributed by atoms with Crippen LogP contribution in [0.4, 0.5) is 5.69 Å². The Bertz CT molecular complexity index is 725. The zero-order valence-electron chi connectivity index (χ0n) is 16.5. The Morgan fingerprint density at radius 2 is 1.93 bits per heavy atom. The summed E-state index contributed by atoms with van der Waals surface area (Å²) in [5, 5.41) is 0. The van der Waals surface area contributed by atoms with E-state index in [1.165, 1.54) is 5.56 Å². The second-order valence-corrected chi connectivity index (χ2v) is 7.30. The first-order chi connectivity index (χ1) is 13.1. The number of hydrogen-bond donors (Lipinski definition) is 0. The van der Waals surface area contributed by atoms with E-state index in [2.05, 4.69) is 40.2 Å². The number of rotatable bonds is 6. The average molecular weight is 367 g/mol. The van der Waals surface area contributed by atoms with E-state index in [1.807, 2.05) is 20.0 Å². The third-order valence-electron chi connectivity index (χ3n) is 5.57. The molecule has 0 N–H and O–H groups in total. The van der Waals surface area contributed by atoms with Gasteiger partial charge in [0.25, 0.3) is 0 Å². The summed E-state index contributed by atoms with van der Waals surface area (Å²) >= 11 is 0. The van der Waals surface area contributed by atoms with E-state index in [-0.39, 0.29) is 11.9 Å². The third kappa shape index (κ3) is 4.86. The second kappa shape index (κ2) is 9.00. The highest BCUT2D eigenvalue weighted by Crippen LogP contribution is 2.24. The number of anilines is 1. The van der Waals surface area contributed by atoms with Gasteiger partial charge in [0.2, 0.25) is 11.8 Å².